The van der Waals surface area contributed by atoms with Gasteiger partial charge in [0.15, 0.2) is 0 Å². The Morgan fingerprint density at radius 1 is 1.11 bits per heavy atom. The highest BCUT2D eigenvalue weighted by atomic mass is 16.3. The van der Waals surface area contributed by atoms with E-state index in [0.29, 0.717) is 0 Å². The van der Waals surface area contributed by atoms with E-state index >= 15 is 0 Å². The second-order valence-corrected chi connectivity index (χ2v) is 7.82. The van der Waals surface area contributed by atoms with E-state index in [-0.39, 0.29) is 11.5 Å². The number of pyridine rings is 1. The maximum atomic E-state index is 11.5. The van der Waals surface area contributed by atoms with Crippen LogP contribution in [0.15, 0.2) is 61.3 Å². The number of imidazole rings is 1. The molecule has 3 aromatic rings. The standard InChI is InChI=1S/C22H24N4O/c1-16-6-9-24-19(14-16)25-11-7-22(8-12-25)18-5-3-2-4-17(18)20(21(22)27)26-13-10-23-15-26/h2-6,9-10,13-15,20-21,27H,7-8,11-12H2,1H3/t20-,21+/m1/s1. The molecular formula is C22H24N4O. The Hall–Kier alpha value is -2.66. The van der Waals surface area contributed by atoms with Crippen molar-refractivity contribution in [3.8, 4) is 0 Å². The maximum Gasteiger partial charge on any atom is 0.128 e. The number of benzene rings is 1. The zero-order valence-electron chi connectivity index (χ0n) is 15.5. The summed E-state index contributed by atoms with van der Waals surface area (Å²) in [5.74, 6) is 1.04. The average Bonchev–Trinajstić information content (AvgIpc) is 3.29. The van der Waals surface area contributed by atoms with Gasteiger partial charge in [0.2, 0.25) is 0 Å². The lowest BCUT2D eigenvalue weighted by molar-refractivity contribution is 0.0492. The molecule has 1 fully saturated rings. The molecule has 138 valence electrons. The highest BCUT2D eigenvalue weighted by Crippen LogP contribution is 2.52. The minimum atomic E-state index is -0.447. The number of fused-ring (bicyclic) bond motifs is 2. The minimum Gasteiger partial charge on any atom is -0.390 e. The molecule has 0 unspecified atom stereocenters. The van der Waals surface area contributed by atoms with Crippen LogP contribution in [0.25, 0.3) is 0 Å². The zero-order chi connectivity index (χ0) is 18.4. The summed E-state index contributed by atoms with van der Waals surface area (Å²) in [6.07, 6.45) is 8.83. The number of aryl methyl sites for hydroxylation is 1. The third kappa shape index (κ3) is 2.49. The van der Waals surface area contributed by atoms with Crippen molar-refractivity contribution in [3.63, 3.8) is 0 Å². The molecule has 1 spiro atoms. The fourth-order valence-corrected chi connectivity index (χ4v) is 4.99. The first-order valence-corrected chi connectivity index (χ1v) is 9.61. The van der Waals surface area contributed by atoms with Gasteiger partial charge in [0.25, 0.3) is 0 Å². The van der Waals surface area contributed by atoms with Gasteiger partial charge in [-0.15, -0.1) is 0 Å². The van der Waals surface area contributed by atoms with Crippen LogP contribution in [0.3, 0.4) is 0 Å². The summed E-state index contributed by atoms with van der Waals surface area (Å²) in [5, 5.41) is 11.5. The fraction of sp³-hybridized carbons (Fsp3) is 0.364. The van der Waals surface area contributed by atoms with Crippen molar-refractivity contribution in [2.45, 2.75) is 37.3 Å². The molecule has 5 nitrogen and oxygen atoms in total. The monoisotopic (exact) mass is 360 g/mol. The molecule has 1 aromatic carbocycles. The van der Waals surface area contributed by atoms with Gasteiger partial charge in [0.1, 0.15) is 5.82 Å². The van der Waals surface area contributed by atoms with Crippen LogP contribution in [0.1, 0.15) is 35.6 Å². The quantitative estimate of drug-likeness (QED) is 0.763. The molecule has 2 aliphatic rings. The Balaban J connectivity index is 1.48. The summed E-state index contributed by atoms with van der Waals surface area (Å²) in [5.41, 5.74) is 3.55. The Kier molecular flexibility index (Phi) is 3.79. The second kappa shape index (κ2) is 6.20. The van der Waals surface area contributed by atoms with Gasteiger partial charge in [-0.05, 0) is 48.6 Å². The van der Waals surface area contributed by atoms with E-state index in [4.69, 9.17) is 0 Å². The molecule has 1 aliphatic heterocycles. The van der Waals surface area contributed by atoms with Gasteiger partial charge in [-0.3, -0.25) is 0 Å². The average molecular weight is 360 g/mol. The van der Waals surface area contributed by atoms with E-state index in [0.717, 1.165) is 31.7 Å². The first kappa shape index (κ1) is 16.5. The molecule has 2 aromatic heterocycles. The van der Waals surface area contributed by atoms with Crippen LogP contribution >= 0.6 is 0 Å². The van der Waals surface area contributed by atoms with E-state index in [1.54, 1.807) is 6.20 Å². The molecule has 27 heavy (non-hydrogen) atoms. The molecule has 0 amide bonds. The predicted molar refractivity (Wildman–Crippen MR) is 105 cm³/mol. The molecule has 3 heterocycles. The number of aliphatic hydroxyl groups is 1. The fourth-order valence-electron chi connectivity index (χ4n) is 4.99. The van der Waals surface area contributed by atoms with Crippen LogP contribution in [0.2, 0.25) is 0 Å². The first-order chi connectivity index (χ1) is 13.2. The van der Waals surface area contributed by atoms with Crippen molar-refractivity contribution in [1.82, 2.24) is 14.5 Å². The van der Waals surface area contributed by atoms with E-state index in [2.05, 4.69) is 52.1 Å². The summed E-state index contributed by atoms with van der Waals surface area (Å²) < 4.78 is 2.05. The van der Waals surface area contributed by atoms with Crippen LogP contribution < -0.4 is 4.90 Å². The van der Waals surface area contributed by atoms with Crippen LogP contribution in [0, 0.1) is 6.92 Å². The van der Waals surface area contributed by atoms with Crippen LogP contribution in [0.5, 0.6) is 0 Å². The third-order valence-corrected chi connectivity index (χ3v) is 6.41. The van der Waals surface area contributed by atoms with Gasteiger partial charge in [-0.1, -0.05) is 24.3 Å². The zero-order valence-corrected chi connectivity index (χ0v) is 15.5. The molecule has 0 radical (unpaired) electrons. The molecule has 0 bridgehead atoms. The van der Waals surface area contributed by atoms with Crippen molar-refractivity contribution in [2.24, 2.45) is 0 Å². The number of aliphatic hydroxyl groups excluding tert-OH is 1. The SMILES string of the molecule is Cc1ccnc(N2CCC3(CC2)c2ccccc2[C@@H](n2ccnc2)[C@@H]3O)c1. The summed E-state index contributed by atoms with van der Waals surface area (Å²) >= 11 is 0. The van der Waals surface area contributed by atoms with Crippen molar-refractivity contribution >= 4 is 5.82 Å². The van der Waals surface area contributed by atoms with E-state index in [9.17, 15) is 5.11 Å². The van der Waals surface area contributed by atoms with Gasteiger partial charge in [-0.25, -0.2) is 9.97 Å². The van der Waals surface area contributed by atoms with Gasteiger partial charge in [-0.2, -0.15) is 0 Å². The molecule has 1 aliphatic carbocycles. The van der Waals surface area contributed by atoms with E-state index in [1.165, 1.54) is 16.7 Å². The minimum absolute atomic E-state index is 0.0626. The molecular weight excluding hydrogens is 336 g/mol. The van der Waals surface area contributed by atoms with E-state index in [1.807, 2.05) is 29.4 Å². The Bertz CT molecular complexity index is 944. The van der Waals surface area contributed by atoms with Gasteiger partial charge >= 0.3 is 0 Å². The van der Waals surface area contributed by atoms with Crippen molar-refractivity contribution in [2.75, 3.05) is 18.0 Å². The number of aromatic nitrogens is 3. The third-order valence-electron chi connectivity index (χ3n) is 6.41. The number of anilines is 1. The topological polar surface area (TPSA) is 54.2 Å². The Labute approximate surface area is 159 Å². The first-order valence-electron chi connectivity index (χ1n) is 9.61. The Morgan fingerprint density at radius 2 is 1.93 bits per heavy atom. The van der Waals surface area contributed by atoms with Gasteiger partial charge < -0.3 is 14.6 Å². The van der Waals surface area contributed by atoms with Crippen molar-refractivity contribution in [3.05, 3.63) is 78.0 Å². The number of hydrogen-bond donors (Lipinski definition) is 1. The molecule has 2 atom stereocenters. The molecule has 5 heteroatoms. The molecule has 5 rings (SSSR count). The van der Waals surface area contributed by atoms with Gasteiger partial charge in [0, 0.05) is 37.1 Å². The van der Waals surface area contributed by atoms with Crippen molar-refractivity contribution < 1.29 is 5.11 Å². The second-order valence-electron chi connectivity index (χ2n) is 7.82. The smallest absolute Gasteiger partial charge is 0.128 e. The predicted octanol–water partition coefficient (Wildman–Crippen LogP) is 3.09. The molecule has 1 saturated heterocycles. The summed E-state index contributed by atoms with van der Waals surface area (Å²) in [6, 6.07) is 12.6. The normalized spacial score (nSPS) is 23.6. The van der Waals surface area contributed by atoms with Crippen LogP contribution in [0.4, 0.5) is 5.82 Å². The lowest BCUT2D eigenvalue weighted by Gasteiger charge is -2.43. The number of piperidine rings is 1. The highest BCUT2D eigenvalue weighted by Gasteiger charge is 2.53. The lowest BCUT2D eigenvalue weighted by Crippen LogP contribution is -2.48. The summed E-state index contributed by atoms with van der Waals surface area (Å²) in [7, 11) is 0. The summed E-state index contributed by atoms with van der Waals surface area (Å²) in [6.45, 7) is 3.90. The summed E-state index contributed by atoms with van der Waals surface area (Å²) in [4.78, 5) is 11.1. The Morgan fingerprint density at radius 3 is 2.67 bits per heavy atom. The van der Waals surface area contributed by atoms with Crippen LogP contribution in [-0.2, 0) is 5.41 Å². The number of rotatable bonds is 2. The van der Waals surface area contributed by atoms with E-state index < -0.39 is 6.10 Å². The van der Waals surface area contributed by atoms with Gasteiger partial charge in [0.05, 0.1) is 18.5 Å². The number of nitrogens with zero attached hydrogens (tertiary/aromatic N) is 4. The lowest BCUT2D eigenvalue weighted by atomic mass is 9.72. The maximum absolute atomic E-state index is 11.5. The van der Waals surface area contributed by atoms with Crippen LogP contribution in [-0.4, -0.2) is 38.8 Å². The van der Waals surface area contributed by atoms with Crippen molar-refractivity contribution in [1.29, 1.82) is 0 Å². The molecule has 1 N–H and O–H groups in total. The molecule has 0 saturated carbocycles. The largest absolute Gasteiger partial charge is 0.390 e. The number of hydrogen-bond acceptors (Lipinski definition) is 4. The highest BCUT2D eigenvalue weighted by molar-refractivity contribution is 5.48.